The minimum atomic E-state index is -0.137. The van der Waals surface area contributed by atoms with Gasteiger partial charge in [0.1, 0.15) is 6.61 Å². The van der Waals surface area contributed by atoms with E-state index in [4.69, 9.17) is 37.9 Å². The quantitative estimate of drug-likeness (QED) is 0.110. The molecule has 210 valence electrons. The Bertz CT molecular complexity index is 422. The fraction of sp³-hybridized carbons (Fsp3) is 0.962. The van der Waals surface area contributed by atoms with Crippen molar-refractivity contribution in [3.63, 3.8) is 0 Å². The van der Waals surface area contributed by atoms with Gasteiger partial charge in [0, 0.05) is 6.42 Å². The lowest BCUT2D eigenvalue weighted by atomic mass is 10.1. The van der Waals surface area contributed by atoms with Crippen LogP contribution >= 0.6 is 0 Å². The molecule has 0 aliphatic rings. The molecular formula is C26H52O9. The van der Waals surface area contributed by atoms with Crippen molar-refractivity contribution in [1.29, 1.82) is 0 Å². The van der Waals surface area contributed by atoms with Gasteiger partial charge in [-0.1, -0.05) is 39.0 Å². The number of carbonyl (C=O) groups is 1. The highest BCUT2D eigenvalue weighted by Gasteiger charge is 2.02. The third kappa shape index (κ3) is 31.2. The molecule has 0 aliphatic carbocycles. The van der Waals surface area contributed by atoms with Gasteiger partial charge in [0.15, 0.2) is 0 Å². The summed E-state index contributed by atoms with van der Waals surface area (Å²) in [5.41, 5.74) is 0. The van der Waals surface area contributed by atoms with Gasteiger partial charge in [0.05, 0.1) is 92.0 Å². The zero-order valence-corrected chi connectivity index (χ0v) is 22.6. The largest absolute Gasteiger partial charge is 0.463 e. The van der Waals surface area contributed by atoms with Crippen molar-refractivity contribution in [3.05, 3.63) is 0 Å². The van der Waals surface area contributed by atoms with Gasteiger partial charge < -0.3 is 37.9 Å². The Morgan fingerprint density at radius 1 is 0.514 bits per heavy atom. The van der Waals surface area contributed by atoms with E-state index in [1.165, 1.54) is 25.7 Å². The number of carbonyl (C=O) groups excluding carboxylic acids is 1. The Morgan fingerprint density at radius 2 is 0.886 bits per heavy atom. The third-order valence-electron chi connectivity index (χ3n) is 4.76. The molecule has 0 aromatic rings. The van der Waals surface area contributed by atoms with Gasteiger partial charge in [-0.15, -0.1) is 0 Å². The van der Waals surface area contributed by atoms with E-state index in [1.54, 1.807) is 0 Å². The molecule has 0 aromatic heterocycles. The number of hydrogen-bond acceptors (Lipinski definition) is 9. The minimum Gasteiger partial charge on any atom is -0.463 e. The molecule has 0 N–H and O–H groups in total. The smallest absolute Gasteiger partial charge is 0.305 e. The molecule has 0 unspecified atom stereocenters. The van der Waals surface area contributed by atoms with Gasteiger partial charge in [0.2, 0.25) is 0 Å². The number of hydrogen-bond donors (Lipinski definition) is 0. The molecule has 0 bridgehead atoms. The molecular weight excluding hydrogens is 456 g/mol. The number of esters is 1. The Hall–Kier alpha value is -0.810. The molecule has 0 spiro atoms. The van der Waals surface area contributed by atoms with Gasteiger partial charge in [-0.05, 0) is 20.3 Å². The van der Waals surface area contributed by atoms with E-state index in [-0.39, 0.29) is 12.1 Å². The molecule has 0 heterocycles. The zero-order chi connectivity index (χ0) is 25.7. The summed E-state index contributed by atoms with van der Waals surface area (Å²) >= 11 is 0. The van der Waals surface area contributed by atoms with E-state index in [2.05, 4.69) is 6.92 Å². The molecule has 9 heteroatoms. The Labute approximate surface area is 213 Å². The molecule has 0 fully saturated rings. The van der Waals surface area contributed by atoms with Crippen LogP contribution in [0.25, 0.3) is 0 Å². The van der Waals surface area contributed by atoms with E-state index in [9.17, 15) is 4.79 Å². The van der Waals surface area contributed by atoms with Crippen LogP contribution < -0.4 is 0 Å². The van der Waals surface area contributed by atoms with Gasteiger partial charge in [0.25, 0.3) is 0 Å². The SMILES string of the molecule is CCCCCCCCC(=O)OCCOCCOCCOCCOCCOCCOCCOC(C)C. The van der Waals surface area contributed by atoms with E-state index < -0.39 is 0 Å². The molecule has 0 amide bonds. The standard InChI is InChI=1S/C26H52O9/c1-4-5-6-7-8-9-10-26(27)35-24-22-33-20-18-31-16-14-29-12-11-28-13-15-30-17-19-32-21-23-34-25(2)3/h25H,4-24H2,1-3H3. The van der Waals surface area contributed by atoms with Crippen LogP contribution in [-0.4, -0.2) is 105 Å². The van der Waals surface area contributed by atoms with Crippen LogP contribution in [0.3, 0.4) is 0 Å². The van der Waals surface area contributed by atoms with Gasteiger partial charge >= 0.3 is 5.97 Å². The van der Waals surface area contributed by atoms with Crippen LogP contribution in [0.1, 0.15) is 65.7 Å². The zero-order valence-electron chi connectivity index (χ0n) is 22.6. The second kappa shape index (κ2) is 29.4. The highest BCUT2D eigenvalue weighted by molar-refractivity contribution is 5.69. The van der Waals surface area contributed by atoms with Crippen molar-refractivity contribution in [2.75, 3.05) is 92.5 Å². The van der Waals surface area contributed by atoms with Crippen molar-refractivity contribution in [2.45, 2.75) is 71.8 Å². The predicted octanol–water partition coefficient (Wildman–Crippen LogP) is 3.80. The molecule has 0 radical (unpaired) electrons. The lowest BCUT2D eigenvalue weighted by Crippen LogP contribution is -2.15. The average Bonchev–Trinajstić information content (AvgIpc) is 2.84. The third-order valence-corrected chi connectivity index (χ3v) is 4.76. The summed E-state index contributed by atoms with van der Waals surface area (Å²) < 4.78 is 43.1. The first kappa shape index (κ1) is 34.2. The maximum Gasteiger partial charge on any atom is 0.305 e. The fourth-order valence-electron chi connectivity index (χ4n) is 2.88. The first-order valence-electron chi connectivity index (χ1n) is 13.4. The average molecular weight is 509 g/mol. The number of unbranched alkanes of at least 4 members (excludes halogenated alkanes) is 5. The van der Waals surface area contributed by atoms with Gasteiger partial charge in [-0.3, -0.25) is 4.79 Å². The normalized spacial score (nSPS) is 11.4. The molecule has 0 aromatic carbocycles. The summed E-state index contributed by atoms with van der Waals surface area (Å²) in [6.45, 7) is 13.3. The van der Waals surface area contributed by atoms with E-state index >= 15 is 0 Å². The van der Waals surface area contributed by atoms with Crippen LogP contribution in [0.2, 0.25) is 0 Å². The summed E-state index contributed by atoms with van der Waals surface area (Å²) in [6.07, 6.45) is 7.71. The fourth-order valence-corrected chi connectivity index (χ4v) is 2.88. The van der Waals surface area contributed by atoms with Crippen molar-refractivity contribution in [2.24, 2.45) is 0 Å². The highest BCUT2D eigenvalue weighted by Crippen LogP contribution is 2.07. The molecule has 0 rings (SSSR count). The van der Waals surface area contributed by atoms with Crippen molar-refractivity contribution >= 4 is 5.97 Å². The summed E-state index contributed by atoms with van der Waals surface area (Å²) in [5.74, 6) is -0.137. The summed E-state index contributed by atoms with van der Waals surface area (Å²) in [7, 11) is 0. The first-order chi connectivity index (χ1) is 17.2. The van der Waals surface area contributed by atoms with E-state index in [0.717, 1.165) is 12.8 Å². The lowest BCUT2D eigenvalue weighted by Gasteiger charge is -2.09. The first-order valence-corrected chi connectivity index (χ1v) is 13.4. The van der Waals surface area contributed by atoms with Crippen LogP contribution in [-0.2, 0) is 42.7 Å². The van der Waals surface area contributed by atoms with Crippen LogP contribution in [0.15, 0.2) is 0 Å². The highest BCUT2D eigenvalue weighted by atomic mass is 16.6. The van der Waals surface area contributed by atoms with Crippen LogP contribution in [0.5, 0.6) is 0 Å². The van der Waals surface area contributed by atoms with Crippen LogP contribution in [0.4, 0.5) is 0 Å². The molecule has 0 saturated carbocycles. The monoisotopic (exact) mass is 508 g/mol. The second-order valence-corrected chi connectivity index (χ2v) is 8.33. The summed E-state index contributed by atoms with van der Waals surface area (Å²) in [4.78, 5) is 11.6. The summed E-state index contributed by atoms with van der Waals surface area (Å²) in [5, 5.41) is 0. The van der Waals surface area contributed by atoms with E-state index in [1.807, 2.05) is 13.8 Å². The van der Waals surface area contributed by atoms with E-state index in [0.29, 0.717) is 98.9 Å². The Morgan fingerprint density at radius 3 is 1.31 bits per heavy atom. The lowest BCUT2D eigenvalue weighted by molar-refractivity contribution is -0.145. The number of ether oxygens (including phenoxy) is 8. The van der Waals surface area contributed by atoms with Gasteiger partial charge in [-0.25, -0.2) is 0 Å². The Kier molecular flexibility index (Phi) is 28.7. The molecule has 9 nitrogen and oxygen atoms in total. The van der Waals surface area contributed by atoms with Gasteiger partial charge in [-0.2, -0.15) is 0 Å². The topological polar surface area (TPSA) is 90.9 Å². The second-order valence-electron chi connectivity index (χ2n) is 8.33. The van der Waals surface area contributed by atoms with Crippen LogP contribution in [0, 0.1) is 0 Å². The Balaban J connectivity index is 3.10. The maximum absolute atomic E-state index is 11.6. The molecule has 0 aliphatic heterocycles. The number of rotatable bonds is 29. The van der Waals surface area contributed by atoms with Crippen molar-refractivity contribution in [3.8, 4) is 0 Å². The molecule has 35 heavy (non-hydrogen) atoms. The van der Waals surface area contributed by atoms with Crippen molar-refractivity contribution in [1.82, 2.24) is 0 Å². The predicted molar refractivity (Wildman–Crippen MR) is 135 cm³/mol. The molecule has 0 atom stereocenters. The molecule has 0 saturated heterocycles. The van der Waals surface area contributed by atoms with Crippen molar-refractivity contribution < 1.29 is 42.7 Å². The summed E-state index contributed by atoms with van der Waals surface area (Å²) in [6, 6.07) is 0. The maximum atomic E-state index is 11.6. The minimum absolute atomic E-state index is 0.137.